The summed E-state index contributed by atoms with van der Waals surface area (Å²) in [7, 11) is 0. The first kappa shape index (κ1) is 60.6. The summed E-state index contributed by atoms with van der Waals surface area (Å²) in [5.74, 6) is -0.189. The Labute approximate surface area is 398 Å². The van der Waals surface area contributed by atoms with Gasteiger partial charge in [-0.15, -0.1) is 0 Å². The second kappa shape index (κ2) is 45.4. The number of aliphatic hydroxyl groups is 5. The molecule has 0 aromatic heterocycles. The van der Waals surface area contributed by atoms with Crippen molar-refractivity contribution in [2.45, 2.75) is 262 Å². The molecule has 1 rings (SSSR count). The average Bonchev–Trinajstić information content (AvgIpc) is 3.31. The quantitative estimate of drug-likeness (QED) is 0.0261. The lowest BCUT2D eigenvalue weighted by atomic mass is 9.99. The highest BCUT2D eigenvalue weighted by Gasteiger charge is 2.44. The molecule has 1 fully saturated rings. The molecule has 0 spiro atoms. The number of ether oxygens (including phenoxy) is 2. The largest absolute Gasteiger partial charge is 0.394 e. The van der Waals surface area contributed by atoms with Crippen molar-refractivity contribution in [1.82, 2.24) is 5.32 Å². The van der Waals surface area contributed by atoms with Gasteiger partial charge >= 0.3 is 0 Å². The van der Waals surface area contributed by atoms with Crippen molar-refractivity contribution in [2.75, 3.05) is 13.2 Å². The predicted molar refractivity (Wildman–Crippen MR) is 272 cm³/mol. The Kier molecular flexibility index (Phi) is 42.4. The topological polar surface area (TPSA) is 149 Å². The molecular weight excluding hydrogens is 815 g/mol. The Bertz CT molecular complexity index is 1240. The first-order valence-corrected chi connectivity index (χ1v) is 26.7. The summed E-state index contributed by atoms with van der Waals surface area (Å²) < 4.78 is 11.2. The number of allylic oxidation sites excluding steroid dienone is 11. The number of carbonyl (C=O) groups excluding carboxylic acids is 1. The molecule has 6 N–H and O–H groups in total. The van der Waals surface area contributed by atoms with Crippen LogP contribution in [-0.2, 0) is 14.3 Å². The van der Waals surface area contributed by atoms with E-state index in [0.717, 1.165) is 64.2 Å². The standard InChI is InChI=1S/C56H99NO8/c1-3-5-7-9-11-13-15-16-17-18-19-20-21-22-23-24-25-26-27-28-29-30-31-32-33-34-36-38-40-42-44-46-52(60)57-49(48-64-56-55(63)54(62)53(61)51(47-58)65-56)50(59)45-43-41-39-37-35-14-12-10-8-6-4-2/h5,7,11,13,16-17,19-20,35,37,43,45,49-51,53-56,58-59,61-63H,3-4,6,8-10,12,14-15,18,21-34,36,38-42,44,46-48H2,1-2H3,(H,57,60)/b7-5-,13-11-,17-16-,20-19-,37-35+,45-43+. The summed E-state index contributed by atoms with van der Waals surface area (Å²) in [5.41, 5.74) is 0. The molecule has 1 aliphatic heterocycles. The molecule has 376 valence electrons. The van der Waals surface area contributed by atoms with E-state index in [1.165, 1.54) is 135 Å². The van der Waals surface area contributed by atoms with E-state index in [9.17, 15) is 30.3 Å². The highest BCUT2D eigenvalue weighted by molar-refractivity contribution is 5.76. The Balaban J connectivity index is 2.14. The number of hydrogen-bond acceptors (Lipinski definition) is 8. The molecule has 65 heavy (non-hydrogen) atoms. The molecule has 0 saturated carbocycles. The number of rotatable bonds is 44. The molecular formula is C56H99NO8. The average molecular weight is 914 g/mol. The van der Waals surface area contributed by atoms with E-state index in [1.807, 2.05) is 6.08 Å². The third kappa shape index (κ3) is 35.4. The minimum absolute atomic E-state index is 0.189. The van der Waals surface area contributed by atoms with E-state index in [2.05, 4.69) is 79.9 Å². The van der Waals surface area contributed by atoms with Gasteiger partial charge in [-0.3, -0.25) is 4.79 Å². The fourth-order valence-electron chi connectivity index (χ4n) is 8.05. The van der Waals surface area contributed by atoms with Crippen LogP contribution in [0.15, 0.2) is 72.9 Å². The van der Waals surface area contributed by atoms with Crippen LogP contribution >= 0.6 is 0 Å². The maximum atomic E-state index is 13.0. The molecule has 0 radical (unpaired) electrons. The smallest absolute Gasteiger partial charge is 0.220 e. The molecule has 1 amide bonds. The molecule has 9 nitrogen and oxygen atoms in total. The summed E-state index contributed by atoms with van der Waals surface area (Å²) in [6.45, 7) is 3.62. The van der Waals surface area contributed by atoms with Gasteiger partial charge in [-0.1, -0.05) is 215 Å². The Morgan fingerprint density at radius 2 is 0.969 bits per heavy atom. The Hall–Kier alpha value is -2.37. The molecule has 1 heterocycles. The molecule has 0 bridgehead atoms. The fourth-order valence-corrected chi connectivity index (χ4v) is 8.05. The van der Waals surface area contributed by atoms with E-state index >= 15 is 0 Å². The summed E-state index contributed by atoms with van der Waals surface area (Å²) >= 11 is 0. The summed E-state index contributed by atoms with van der Waals surface area (Å²) in [5, 5.41) is 54.2. The van der Waals surface area contributed by atoms with Crippen LogP contribution in [0.2, 0.25) is 0 Å². The van der Waals surface area contributed by atoms with Crippen molar-refractivity contribution in [3.8, 4) is 0 Å². The number of unbranched alkanes of at least 4 members (excludes halogenated alkanes) is 24. The number of aliphatic hydroxyl groups excluding tert-OH is 5. The van der Waals surface area contributed by atoms with Gasteiger partial charge in [0.25, 0.3) is 0 Å². The second-order valence-electron chi connectivity index (χ2n) is 18.3. The fraction of sp³-hybridized carbons (Fsp3) is 0.768. The highest BCUT2D eigenvalue weighted by atomic mass is 16.7. The lowest BCUT2D eigenvalue weighted by molar-refractivity contribution is -0.302. The van der Waals surface area contributed by atoms with Crippen molar-refractivity contribution in [3.05, 3.63) is 72.9 Å². The third-order valence-corrected chi connectivity index (χ3v) is 12.3. The van der Waals surface area contributed by atoms with Crippen LogP contribution in [0.5, 0.6) is 0 Å². The van der Waals surface area contributed by atoms with Crippen LogP contribution in [0.3, 0.4) is 0 Å². The summed E-state index contributed by atoms with van der Waals surface area (Å²) in [4.78, 5) is 13.0. The lowest BCUT2D eigenvalue weighted by Gasteiger charge is -2.40. The number of carbonyl (C=O) groups is 1. The van der Waals surface area contributed by atoms with E-state index in [1.54, 1.807) is 6.08 Å². The minimum Gasteiger partial charge on any atom is -0.394 e. The van der Waals surface area contributed by atoms with Gasteiger partial charge in [-0.05, 0) is 70.6 Å². The van der Waals surface area contributed by atoms with Crippen molar-refractivity contribution in [1.29, 1.82) is 0 Å². The molecule has 0 aliphatic carbocycles. The zero-order valence-corrected chi connectivity index (χ0v) is 41.5. The van der Waals surface area contributed by atoms with Crippen molar-refractivity contribution in [2.24, 2.45) is 0 Å². The first-order valence-electron chi connectivity index (χ1n) is 26.7. The van der Waals surface area contributed by atoms with E-state index in [4.69, 9.17) is 9.47 Å². The van der Waals surface area contributed by atoms with Gasteiger partial charge in [0.05, 0.1) is 25.4 Å². The molecule has 0 aromatic rings. The van der Waals surface area contributed by atoms with Gasteiger partial charge in [0, 0.05) is 6.42 Å². The van der Waals surface area contributed by atoms with Gasteiger partial charge in [-0.25, -0.2) is 0 Å². The van der Waals surface area contributed by atoms with E-state index in [0.29, 0.717) is 6.42 Å². The van der Waals surface area contributed by atoms with Crippen LogP contribution in [-0.4, -0.2) is 87.5 Å². The molecule has 9 heteroatoms. The van der Waals surface area contributed by atoms with Crippen molar-refractivity contribution in [3.63, 3.8) is 0 Å². The zero-order chi connectivity index (χ0) is 47.3. The Morgan fingerprint density at radius 1 is 0.538 bits per heavy atom. The van der Waals surface area contributed by atoms with Crippen molar-refractivity contribution < 1.29 is 39.8 Å². The first-order chi connectivity index (χ1) is 31.8. The van der Waals surface area contributed by atoms with Crippen LogP contribution in [0.25, 0.3) is 0 Å². The summed E-state index contributed by atoms with van der Waals surface area (Å²) in [6, 6.07) is -0.821. The number of amides is 1. The predicted octanol–water partition coefficient (Wildman–Crippen LogP) is 12.5. The molecule has 1 aliphatic rings. The van der Waals surface area contributed by atoms with Crippen LogP contribution in [0.1, 0.15) is 219 Å². The van der Waals surface area contributed by atoms with Crippen LogP contribution in [0.4, 0.5) is 0 Å². The second-order valence-corrected chi connectivity index (χ2v) is 18.3. The Morgan fingerprint density at radius 3 is 1.48 bits per heavy atom. The van der Waals surface area contributed by atoms with Gasteiger partial charge in [-0.2, -0.15) is 0 Å². The lowest BCUT2D eigenvalue weighted by Crippen LogP contribution is -2.60. The summed E-state index contributed by atoms with van der Waals surface area (Å²) in [6.07, 6.45) is 55.5. The number of nitrogens with one attached hydrogen (secondary N) is 1. The van der Waals surface area contributed by atoms with Gasteiger partial charge in [0.15, 0.2) is 6.29 Å². The van der Waals surface area contributed by atoms with Crippen LogP contribution < -0.4 is 5.32 Å². The maximum Gasteiger partial charge on any atom is 0.220 e. The van der Waals surface area contributed by atoms with Gasteiger partial charge < -0.3 is 40.3 Å². The minimum atomic E-state index is -1.57. The highest BCUT2D eigenvalue weighted by Crippen LogP contribution is 2.23. The molecule has 7 atom stereocenters. The third-order valence-electron chi connectivity index (χ3n) is 12.3. The maximum absolute atomic E-state index is 13.0. The van der Waals surface area contributed by atoms with E-state index < -0.39 is 49.5 Å². The normalized spacial score (nSPS) is 20.5. The van der Waals surface area contributed by atoms with Gasteiger partial charge in [0.1, 0.15) is 24.4 Å². The van der Waals surface area contributed by atoms with Crippen LogP contribution in [0, 0.1) is 0 Å². The monoisotopic (exact) mass is 914 g/mol. The van der Waals surface area contributed by atoms with Gasteiger partial charge in [0.2, 0.25) is 5.91 Å². The molecule has 7 unspecified atom stereocenters. The molecule has 1 saturated heterocycles. The molecule has 0 aromatic carbocycles. The zero-order valence-electron chi connectivity index (χ0n) is 41.5. The van der Waals surface area contributed by atoms with E-state index in [-0.39, 0.29) is 12.5 Å². The SMILES string of the molecule is CC/C=C\C/C=C\C/C=C\C/C=C\CCCCCCCCCCCCCCCCCCCCC(=O)NC(COC1OC(CO)C(O)C(O)C1O)C(O)/C=C/CC/C=C/CCCCCCC. The number of hydrogen-bond donors (Lipinski definition) is 6. The van der Waals surface area contributed by atoms with Crippen molar-refractivity contribution >= 4 is 5.91 Å².